The fourth-order valence-electron chi connectivity index (χ4n) is 6.36. The molecule has 216 valence electrons. The molecule has 1 unspecified atom stereocenters. The molecule has 0 aromatic heterocycles. The molecule has 2 saturated heterocycles. The predicted molar refractivity (Wildman–Crippen MR) is 151 cm³/mol. The topological polar surface area (TPSA) is 113 Å². The molecule has 2 fully saturated rings. The van der Waals surface area contributed by atoms with Gasteiger partial charge in [-0.2, -0.15) is 5.10 Å². The molecular weight excluding hydrogens is 540 g/mol. The zero-order chi connectivity index (χ0) is 29.8. The van der Waals surface area contributed by atoms with E-state index in [4.69, 9.17) is 28.8 Å². The third-order valence-electron chi connectivity index (χ3n) is 8.17. The van der Waals surface area contributed by atoms with Crippen LogP contribution in [0.2, 0.25) is 0 Å². The van der Waals surface area contributed by atoms with Gasteiger partial charge in [-0.25, -0.2) is 0 Å². The third kappa shape index (κ3) is 3.93. The van der Waals surface area contributed by atoms with Gasteiger partial charge < -0.3 is 23.7 Å². The molecule has 0 N–H and O–H groups in total. The number of benzene rings is 3. The van der Waals surface area contributed by atoms with Crippen LogP contribution in [0.25, 0.3) is 0 Å². The monoisotopic (exact) mass is 570 g/mol. The number of fused-ring (bicyclic) bond motifs is 4. The number of methoxy groups -OCH3 is 3. The van der Waals surface area contributed by atoms with Crippen molar-refractivity contribution in [3.63, 3.8) is 0 Å². The first-order valence-corrected chi connectivity index (χ1v) is 13.4. The van der Waals surface area contributed by atoms with Gasteiger partial charge in [-0.1, -0.05) is 30.3 Å². The van der Waals surface area contributed by atoms with Gasteiger partial charge in [-0.3, -0.25) is 19.4 Å². The molecule has 0 saturated carbocycles. The summed E-state index contributed by atoms with van der Waals surface area (Å²) in [7, 11) is 4.53. The van der Waals surface area contributed by atoms with E-state index >= 15 is 0 Å². The second kappa shape index (κ2) is 9.90. The Morgan fingerprint density at radius 3 is 2.17 bits per heavy atom. The van der Waals surface area contributed by atoms with Gasteiger partial charge >= 0.3 is 11.9 Å². The van der Waals surface area contributed by atoms with Crippen LogP contribution in [0, 0.1) is 5.41 Å². The minimum absolute atomic E-state index is 0.346. The minimum atomic E-state index is -1.99. The maximum atomic E-state index is 14.5. The molecule has 0 amide bonds. The Hall–Kier alpha value is -4.86. The molecule has 0 radical (unpaired) electrons. The minimum Gasteiger partial charge on any atom is -0.497 e. The number of hydrogen-bond acceptors (Lipinski definition) is 10. The second-order valence-electron chi connectivity index (χ2n) is 10.8. The highest BCUT2D eigenvalue weighted by molar-refractivity contribution is 6.09. The van der Waals surface area contributed by atoms with E-state index in [9.17, 15) is 14.4 Å². The standard InChI is InChI=1S/C32H30N2O8/c1-31(2)41-29(36)32(30(37)42-31)25(19-12-15-23(39-4)24(16-19)40-5)26(27(35)18-10-13-21(38-3)14-11-18)34-28(32)22-9-7-6-8-20(22)17-33-34/h6-17,25-26,28H,1-5H3/t25-,26+,28?/m0/s1. The molecular formula is C32H30N2O8. The number of Topliss-reactive ketones (excluding diaryl/α,β-unsaturated/α-hetero) is 1. The summed E-state index contributed by atoms with van der Waals surface area (Å²) in [6.07, 6.45) is 1.63. The number of carbonyl (C=O) groups excluding carboxylic acids is 3. The maximum absolute atomic E-state index is 14.5. The number of cyclic esters (lactones) is 2. The Bertz CT molecular complexity index is 1590. The smallest absolute Gasteiger partial charge is 0.330 e. The van der Waals surface area contributed by atoms with Crippen molar-refractivity contribution in [3.8, 4) is 17.2 Å². The summed E-state index contributed by atoms with van der Waals surface area (Å²) in [6, 6.07) is 17.0. The molecule has 6 rings (SSSR count). The zero-order valence-electron chi connectivity index (χ0n) is 23.8. The van der Waals surface area contributed by atoms with Crippen LogP contribution in [0.3, 0.4) is 0 Å². The first-order valence-electron chi connectivity index (χ1n) is 13.4. The molecule has 3 atom stereocenters. The molecule has 10 heteroatoms. The number of esters is 2. The second-order valence-corrected chi connectivity index (χ2v) is 10.8. The lowest BCUT2D eigenvalue weighted by atomic mass is 9.65. The number of ether oxygens (including phenoxy) is 5. The molecule has 0 aliphatic carbocycles. The zero-order valence-corrected chi connectivity index (χ0v) is 23.8. The Morgan fingerprint density at radius 2 is 1.52 bits per heavy atom. The van der Waals surface area contributed by atoms with Crippen LogP contribution in [0.4, 0.5) is 0 Å². The quantitative estimate of drug-likeness (QED) is 0.244. The van der Waals surface area contributed by atoms with E-state index in [-0.39, 0.29) is 5.78 Å². The summed E-state index contributed by atoms with van der Waals surface area (Å²) >= 11 is 0. The Labute approximate surface area is 242 Å². The average Bonchev–Trinajstić information content (AvgIpc) is 3.31. The Kier molecular flexibility index (Phi) is 6.44. The van der Waals surface area contributed by atoms with Gasteiger partial charge in [0.05, 0.1) is 27.5 Å². The first-order chi connectivity index (χ1) is 20.2. The molecule has 3 heterocycles. The van der Waals surface area contributed by atoms with E-state index < -0.39 is 41.1 Å². The van der Waals surface area contributed by atoms with Crippen molar-refractivity contribution >= 4 is 23.9 Å². The summed E-state index contributed by atoms with van der Waals surface area (Å²) in [5.74, 6) is -3.13. The third-order valence-corrected chi connectivity index (χ3v) is 8.17. The Morgan fingerprint density at radius 1 is 0.857 bits per heavy atom. The lowest BCUT2D eigenvalue weighted by Crippen LogP contribution is -2.58. The van der Waals surface area contributed by atoms with E-state index in [0.29, 0.717) is 39.5 Å². The van der Waals surface area contributed by atoms with Crippen LogP contribution in [0.1, 0.15) is 52.9 Å². The number of ketones is 1. The highest BCUT2D eigenvalue weighted by atomic mass is 16.7. The van der Waals surface area contributed by atoms with Gasteiger partial charge in [-0.05, 0) is 53.1 Å². The lowest BCUT2D eigenvalue weighted by molar-refractivity contribution is -0.254. The number of hydrogen-bond donors (Lipinski definition) is 0. The molecule has 3 aliphatic heterocycles. The van der Waals surface area contributed by atoms with Gasteiger partial charge in [0.2, 0.25) is 5.41 Å². The lowest BCUT2D eigenvalue weighted by Gasteiger charge is -2.44. The molecule has 10 nitrogen and oxygen atoms in total. The van der Waals surface area contributed by atoms with E-state index in [2.05, 4.69) is 0 Å². The number of hydrazone groups is 1. The molecule has 1 spiro atoms. The van der Waals surface area contributed by atoms with Gasteiger partial charge in [0.15, 0.2) is 17.3 Å². The summed E-state index contributed by atoms with van der Waals surface area (Å²) in [5, 5.41) is 6.25. The van der Waals surface area contributed by atoms with Crippen molar-refractivity contribution in [2.45, 2.75) is 37.6 Å². The Balaban J connectivity index is 1.65. The predicted octanol–water partition coefficient (Wildman–Crippen LogP) is 4.27. The maximum Gasteiger partial charge on any atom is 0.330 e. The summed E-state index contributed by atoms with van der Waals surface area (Å²) in [6.45, 7) is 3.00. The van der Waals surface area contributed by atoms with Crippen LogP contribution in [-0.4, -0.2) is 62.1 Å². The van der Waals surface area contributed by atoms with Gasteiger partial charge in [-0.15, -0.1) is 0 Å². The van der Waals surface area contributed by atoms with Crippen molar-refractivity contribution in [2.75, 3.05) is 21.3 Å². The normalized spacial score (nSPS) is 23.0. The SMILES string of the molecule is COc1ccc(C(=O)[C@H]2[C@H](c3ccc(OC)c(OC)c3)C3(C(=O)OC(C)(C)OC3=O)C3c4ccccc4C=NN32)cc1. The van der Waals surface area contributed by atoms with Crippen molar-refractivity contribution in [1.82, 2.24) is 5.01 Å². The van der Waals surface area contributed by atoms with E-state index in [1.54, 1.807) is 53.7 Å². The number of carbonyl (C=O) groups is 3. The largest absolute Gasteiger partial charge is 0.497 e. The summed E-state index contributed by atoms with van der Waals surface area (Å²) in [5.41, 5.74) is 0.212. The van der Waals surface area contributed by atoms with Crippen molar-refractivity contribution in [2.24, 2.45) is 10.5 Å². The summed E-state index contributed by atoms with van der Waals surface area (Å²) in [4.78, 5) is 43.3. The molecule has 0 bridgehead atoms. The van der Waals surface area contributed by atoms with Gasteiger partial charge in [0, 0.05) is 25.3 Å². The highest BCUT2D eigenvalue weighted by Gasteiger charge is 2.75. The van der Waals surface area contributed by atoms with Crippen LogP contribution in [-0.2, 0) is 19.1 Å². The molecule has 3 aromatic rings. The average molecular weight is 571 g/mol. The summed E-state index contributed by atoms with van der Waals surface area (Å²) < 4.78 is 27.9. The van der Waals surface area contributed by atoms with Gasteiger partial charge in [0.1, 0.15) is 17.8 Å². The van der Waals surface area contributed by atoms with Crippen molar-refractivity contribution in [3.05, 3.63) is 89.0 Å². The fraction of sp³-hybridized carbons (Fsp3) is 0.312. The van der Waals surface area contributed by atoms with E-state index in [1.807, 2.05) is 24.3 Å². The van der Waals surface area contributed by atoms with Crippen LogP contribution >= 0.6 is 0 Å². The van der Waals surface area contributed by atoms with E-state index in [0.717, 1.165) is 0 Å². The van der Waals surface area contributed by atoms with Crippen LogP contribution < -0.4 is 14.2 Å². The van der Waals surface area contributed by atoms with Crippen LogP contribution in [0.5, 0.6) is 17.2 Å². The molecule has 3 aromatic carbocycles. The first kappa shape index (κ1) is 27.3. The van der Waals surface area contributed by atoms with Crippen molar-refractivity contribution in [1.29, 1.82) is 0 Å². The highest BCUT2D eigenvalue weighted by Crippen LogP contribution is 2.63. The van der Waals surface area contributed by atoms with Crippen molar-refractivity contribution < 1.29 is 38.1 Å². The number of rotatable bonds is 6. The van der Waals surface area contributed by atoms with Crippen LogP contribution in [0.15, 0.2) is 71.8 Å². The fourth-order valence-corrected chi connectivity index (χ4v) is 6.36. The molecule has 42 heavy (non-hydrogen) atoms. The molecule has 3 aliphatic rings. The van der Waals surface area contributed by atoms with E-state index in [1.165, 1.54) is 35.2 Å². The van der Waals surface area contributed by atoms with Gasteiger partial charge in [0.25, 0.3) is 5.79 Å². The number of nitrogens with zero attached hydrogens (tertiary/aromatic N) is 2.